The number of fused-ring (bicyclic) bond motifs is 1. The SMILES string of the molecule is COn1ccc2cc([N+](=O)[O-])cnc21. The molecule has 72 valence electrons. The maximum absolute atomic E-state index is 10.4. The van der Waals surface area contributed by atoms with Crippen LogP contribution in [-0.4, -0.2) is 21.7 Å². The molecule has 0 aliphatic heterocycles. The number of hydrogen-bond acceptors (Lipinski definition) is 4. The summed E-state index contributed by atoms with van der Waals surface area (Å²) in [5, 5.41) is 11.1. The topological polar surface area (TPSA) is 70.2 Å². The second-order valence-electron chi connectivity index (χ2n) is 2.69. The summed E-state index contributed by atoms with van der Waals surface area (Å²) >= 11 is 0. The summed E-state index contributed by atoms with van der Waals surface area (Å²) in [6.45, 7) is 0. The minimum absolute atomic E-state index is 0.0219. The first-order valence-corrected chi connectivity index (χ1v) is 3.88. The molecular formula is C8H7N3O3. The number of rotatable bonds is 2. The van der Waals surface area contributed by atoms with Crippen molar-refractivity contribution >= 4 is 16.7 Å². The lowest BCUT2D eigenvalue weighted by Gasteiger charge is -1.99. The molecule has 0 N–H and O–H groups in total. The van der Waals surface area contributed by atoms with Gasteiger partial charge in [0.1, 0.15) is 13.3 Å². The first kappa shape index (κ1) is 8.49. The molecule has 6 heteroatoms. The zero-order valence-corrected chi connectivity index (χ0v) is 7.38. The van der Waals surface area contributed by atoms with Crippen LogP contribution in [0.25, 0.3) is 11.0 Å². The lowest BCUT2D eigenvalue weighted by Crippen LogP contribution is -2.04. The quantitative estimate of drug-likeness (QED) is 0.527. The van der Waals surface area contributed by atoms with E-state index < -0.39 is 4.92 Å². The van der Waals surface area contributed by atoms with E-state index >= 15 is 0 Å². The van der Waals surface area contributed by atoms with Gasteiger partial charge in [0.15, 0.2) is 5.65 Å². The molecule has 0 spiro atoms. The van der Waals surface area contributed by atoms with Gasteiger partial charge in [-0.1, -0.05) is 0 Å². The van der Waals surface area contributed by atoms with Crippen molar-refractivity contribution in [3.63, 3.8) is 0 Å². The average molecular weight is 193 g/mol. The molecule has 0 fully saturated rings. The fraction of sp³-hybridized carbons (Fsp3) is 0.125. The van der Waals surface area contributed by atoms with E-state index in [0.717, 1.165) is 0 Å². The van der Waals surface area contributed by atoms with Gasteiger partial charge in [-0.05, 0) is 6.07 Å². The Hall–Kier alpha value is -2.11. The Morgan fingerprint density at radius 2 is 2.43 bits per heavy atom. The molecule has 2 heterocycles. The van der Waals surface area contributed by atoms with Crippen LogP contribution in [0.1, 0.15) is 0 Å². The van der Waals surface area contributed by atoms with E-state index in [1.54, 1.807) is 12.3 Å². The number of pyridine rings is 1. The zero-order valence-electron chi connectivity index (χ0n) is 7.38. The number of hydrogen-bond donors (Lipinski definition) is 0. The highest BCUT2D eigenvalue weighted by molar-refractivity contribution is 5.77. The van der Waals surface area contributed by atoms with Gasteiger partial charge in [-0.2, -0.15) is 4.73 Å². The van der Waals surface area contributed by atoms with Crippen molar-refractivity contribution in [1.29, 1.82) is 0 Å². The van der Waals surface area contributed by atoms with E-state index in [9.17, 15) is 10.1 Å². The Bertz CT molecular complexity index is 492. The van der Waals surface area contributed by atoms with E-state index in [1.165, 1.54) is 24.1 Å². The lowest BCUT2D eigenvalue weighted by atomic mass is 10.3. The van der Waals surface area contributed by atoms with Crippen molar-refractivity contribution in [2.45, 2.75) is 0 Å². The third-order valence-electron chi connectivity index (χ3n) is 1.89. The fourth-order valence-corrected chi connectivity index (χ4v) is 1.24. The summed E-state index contributed by atoms with van der Waals surface area (Å²) in [7, 11) is 1.50. The molecule has 0 saturated carbocycles. The van der Waals surface area contributed by atoms with Crippen LogP contribution in [0.3, 0.4) is 0 Å². The smallest absolute Gasteiger partial charge is 0.288 e. The maximum atomic E-state index is 10.4. The monoisotopic (exact) mass is 193 g/mol. The molecule has 0 atom stereocenters. The fourth-order valence-electron chi connectivity index (χ4n) is 1.24. The van der Waals surface area contributed by atoms with E-state index in [2.05, 4.69) is 4.98 Å². The maximum Gasteiger partial charge on any atom is 0.288 e. The van der Waals surface area contributed by atoms with Gasteiger partial charge in [0.2, 0.25) is 0 Å². The third-order valence-corrected chi connectivity index (χ3v) is 1.89. The van der Waals surface area contributed by atoms with Crippen molar-refractivity contribution in [2.24, 2.45) is 0 Å². The molecule has 2 rings (SSSR count). The van der Waals surface area contributed by atoms with Crippen molar-refractivity contribution in [2.75, 3.05) is 7.11 Å². The second kappa shape index (κ2) is 2.99. The van der Waals surface area contributed by atoms with E-state index in [0.29, 0.717) is 11.0 Å². The van der Waals surface area contributed by atoms with Crippen molar-refractivity contribution in [1.82, 2.24) is 9.71 Å². The highest BCUT2D eigenvalue weighted by Gasteiger charge is 2.09. The first-order chi connectivity index (χ1) is 6.72. The molecule has 0 aliphatic carbocycles. The van der Waals surface area contributed by atoms with Gasteiger partial charge in [-0.25, -0.2) is 4.98 Å². The van der Waals surface area contributed by atoms with E-state index in [4.69, 9.17) is 4.84 Å². The van der Waals surface area contributed by atoms with Gasteiger partial charge in [-0.15, -0.1) is 0 Å². The molecule has 0 unspecified atom stereocenters. The molecule has 2 aromatic rings. The predicted molar refractivity (Wildman–Crippen MR) is 48.9 cm³/mol. The summed E-state index contributed by atoms with van der Waals surface area (Å²) < 4.78 is 1.44. The molecule has 2 aromatic heterocycles. The van der Waals surface area contributed by atoms with Gasteiger partial charge >= 0.3 is 0 Å². The van der Waals surface area contributed by atoms with Crippen LogP contribution >= 0.6 is 0 Å². The highest BCUT2D eigenvalue weighted by atomic mass is 16.6. The highest BCUT2D eigenvalue weighted by Crippen LogP contribution is 2.18. The third kappa shape index (κ3) is 1.17. The van der Waals surface area contributed by atoms with Crippen LogP contribution in [-0.2, 0) is 0 Å². The zero-order chi connectivity index (χ0) is 10.1. The summed E-state index contributed by atoms with van der Waals surface area (Å²) in [6, 6.07) is 3.16. The summed E-state index contributed by atoms with van der Waals surface area (Å²) in [5.41, 5.74) is 0.546. The average Bonchev–Trinajstić information content (AvgIpc) is 2.59. The van der Waals surface area contributed by atoms with Crippen molar-refractivity contribution < 1.29 is 9.76 Å². The Labute approximate surface area is 78.8 Å². The number of aromatic nitrogens is 2. The molecule has 0 bridgehead atoms. The van der Waals surface area contributed by atoms with Crippen molar-refractivity contribution in [3.05, 3.63) is 34.6 Å². The minimum atomic E-state index is -0.476. The lowest BCUT2D eigenvalue weighted by molar-refractivity contribution is -0.385. The molecule has 0 saturated heterocycles. The standard InChI is InChI=1S/C8H7N3O3/c1-14-10-3-2-6-4-7(11(12)13)5-9-8(6)10/h2-5H,1H3. The van der Waals surface area contributed by atoms with E-state index in [-0.39, 0.29) is 5.69 Å². The normalized spacial score (nSPS) is 10.4. The molecule has 14 heavy (non-hydrogen) atoms. The Balaban J connectivity index is 2.63. The van der Waals surface area contributed by atoms with E-state index in [1.807, 2.05) is 0 Å². The molecule has 6 nitrogen and oxygen atoms in total. The number of nitrogens with zero attached hydrogens (tertiary/aromatic N) is 3. The molecule has 0 amide bonds. The summed E-state index contributed by atoms with van der Waals surface area (Å²) in [6.07, 6.45) is 2.86. The predicted octanol–water partition coefficient (Wildman–Crippen LogP) is 1.00. The van der Waals surface area contributed by atoms with Gasteiger partial charge in [0.05, 0.1) is 4.92 Å². The minimum Gasteiger partial charge on any atom is -0.416 e. The van der Waals surface area contributed by atoms with Crippen LogP contribution in [0.2, 0.25) is 0 Å². The van der Waals surface area contributed by atoms with Crippen LogP contribution in [0.4, 0.5) is 5.69 Å². The second-order valence-corrected chi connectivity index (χ2v) is 2.69. The van der Waals surface area contributed by atoms with Gasteiger partial charge in [-0.3, -0.25) is 10.1 Å². The Morgan fingerprint density at radius 1 is 1.64 bits per heavy atom. The van der Waals surface area contributed by atoms with Crippen LogP contribution in [0, 0.1) is 10.1 Å². The van der Waals surface area contributed by atoms with Gasteiger partial charge in [0, 0.05) is 17.6 Å². The van der Waals surface area contributed by atoms with Gasteiger partial charge < -0.3 is 4.84 Å². The Morgan fingerprint density at radius 3 is 3.07 bits per heavy atom. The first-order valence-electron chi connectivity index (χ1n) is 3.88. The van der Waals surface area contributed by atoms with Crippen LogP contribution in [0.15, 0.2) is 24.5 Å². The number of nitro groups is 1. The van der Waals surface area contributed by atoms with Crippen molar-refractivity contribution in [3.8, 4) is 0 Å². The van der Waals surface area contributed by atoms with Crippen LogP contribution in [0.5, 0.6) is 0 Å². The molecule has 0 aliphatic rings. The summed E-state index contributed by atoms with van der Waals surface area (Å²) in [5.74, 6) is 0. The largest absolute Gasteiger partial charge is 0.416 e. The van der Waals surface area contributed by atoms with Crippen LogP contribution < -0.4 is 4.84 Å². The molecule has 0 aromatic carbocycles. The van der Waals surface area contributed by atoms with Gasteiger partial charge in [0.25, 0.3) is 5.69 Å². The molecule has 0 radical (unpaired) electrons. The summed E-state index contributed by atoms with van der Waals surface area (Å²) in [4.78, 5) is 18.9. The molecular weight excluding hydrogens is 186 g/mol. The Kier molecular flexibility index (Phi) is 1.81.